The monoisotopic (exact) mass is 354 g/mol. The summed E-state index contributed by atoms with van der Waals surface area (Å²) in [5, 5.41) is 0. The second-order valence-electron chi connectivity index (χ2n) is 7.13. The fraction of sp³-hybridized carbons (Fsp3) is 0.300. The van der Waals surface area contributed by atoms with Gasteiger partial charge in [0.05, 0.1) is 0 Å². The Balaban J connectivity index is 1.55. The number of carbonyl (C=O) groups is 2. The van der Waals surface area contributed by atoms with Crippen LogP contribution in [0, 0.1) is 0 Å². The molecular formula is C20H22N2O4. The van der Waals surface area contributed by atoms with Gasteiger partial charge in [-0.1, -0.05) is 45.0 Å². The van der Waals surface area contributed by atoms with Gasteiger partial charge in [-0.25, -0.2) is 0 Å². The number of hydrogen-bond acceptors (Lipinski definition) is 4. The van der Waals surface area contributed by atoms with Crippen LogP contribution in [0.2, 0.25) is 0 Å². The van der Waals surface area contributed by atoms with E-state index in [9.17, 15) is 9.59 Å². The van der Waals surface area contributed by atoms with Crippen molar-refractivity contribution in [3.05, 3.63) is 59.7 Å². The van der Waals surface area contributed by atoms with Crippen LogP contribution in [0.1, 0.15) is 36.7 Å². The van der Waals surface area contributed by atoms with Gasteiger partial charge in [0.25, 0.3) is 11.8 Å². The van der Waals surface area contributed by atoms with Gasteiger partial charge in [-0.2, -0.15) is 0 Å². The van der Waals surface area contributed by atoms with Gasteiger partial charge >= 0.3 is 0 Å². The Kier molecular flexibility index (Phi) is 4.84. The Morgan fingerprint density at radius 3 is 2.27 bits per heavy atom. The fourth-order valence-electron chi connectivity index (χ4n) is 2.54. The van der Waals surface area contributed by atoms with Crippen LogP contribution >= 0.6 is 0 Å². The van der Waals surface area contributed by atoms with Crippen LogP contribution < -0.4 is 20.3 Å². The molecule has 0 bridgehead atoms. The third kappa shape index (κ3) is 3.96. The molecule has 0 aromatic heterocycles. The number of para-hydroxylation sites is 2. The van der Waals surface area contributed by atoms with Crippen LogP contribution in [-0.4, -0.2) is 24.5 Å². The molecule has 26 heavy (non-hydrogen) atoms. The molecule has 1 unspecified atom stereocenters. The minimum Gasteiger partial charge on any atom is -0.485 e. The minimum absolute atomic E-state index is 0.0117. The van der Waals surface area contributed by atoms with E-state index < -0.39 is 17.9 Å². The average molecular weight is 354 g/mol. The van der Waals surface area contributed by atoms with Crippen LogP contribution in [0.3, 0.4) is 0 Å². The largest absolute Gasteiger partial charge is 0.485 e. The molecule has 2 N–H and O–H groups in total. The summed E-state index contributed by atoms with van der Waals surface area (Å²) in [7, 11) is 0. The van der Waals surface area contributed by atoms with E-state index in [0.29, 0.717) is 17.1 Å². The van der Waals surface area contributed by atoms with Crippen LogP contribution in [0.25, 0.3) is 0 Å². The lowest BCUT2D eigenvalue weighted by Crippen LogP contribution is -2.50. The summed E-state index contributed by atoms with van der Waals surface area (Å²) in [6.45, 7) is 6.39. The van der Waals surface area contributed by atoms with Crippen molar-refractivity contribution in [3.63, 3.8) is 0 Å². The Labute approximate surface area is 152 Å². The number of benzene rings is 2. The number of ether oxygens (including phenoxy) is 2. The van der Waals surface area contributed by atoms with Crippen LogP contribution in [0.4, 0.5) is 0 Å². The average Bonchev–Trinajstić information content (AvgIpc) is 2.64. The minimum atomic E-state index is -0.825. The molecule has 6 nitrogen and oxygen atoms in total. The van der Waals surface area contributed by atoms with E-state index in [4.69, 9.17) is 9.47 Å². The summed E-state index contributed by atoms with van der Waals surface area (Å²) in [4.78, 5) is 24.4. The molecule has 6 heteroatoms. The first-order chi connectivity index (χ1) is 12.3. The summed E-state index contributed by atoms with van der Waals surface area (Å²) in [6.07, 6.45) is -0.825. The zero-order valence-electron chi connectivity index (χ0n) is 15.0. The van der Waals surface area contributed by atoms with Gasteiger partial charge < -0.3 is 9.47 Å². The first-order valence-corrected chi connectivity index (χ1v) is 8.44. The Morgan fingerprint density at radius 1 is 0.962 bits per heavy atom. The quantitative estimate of drug-likeness (QED) is 0.813. The predicted octanol–water partition coefficient (Wildman–Crippen LogP) is 2.59. The number of rotatable bonds is 2. The summed E-state index contributed by atoms with van der Waals surface area (Å²) in [5.41, 5.74) is 6.39. The second-order valence-corrected chi connectivity index (χ2v) is 7.13. The van der Waals surface area contributed by atoms with Gasteiger partial charge in [-0.3, -0.25) is 20.4 Å². The molecule has 1 atom stereocenters. The summed E-state index contributed by atoms with van der Waals surface area (Å²) in [5.74, 6) is 0.234. The van der Waals surface area contributed by atoms with Gasteiger partial charge in [-0.05, 0) is 35.2 Å². The van der Waals surface area contributed by atoms with Crippen molar-refractivity contribution in [2.45, 2.75) is 32.3 Å². The highest BCUT2D eigenvalue weighted by Gasteiger charge is 2.27. The van der Waals surface area contributed by atoms with Gasteiger partial charge in [0.1, 0.15) is 6.61 Å². The summed E-state index contributed by atoms with van der Waals surface area (Å²) >= 11 is 0. The predicted molar refractivity (Wildman–Crippen MR) is 97.1 cm³/mol. The van der Waals surface area contributed by atoms with Crippen molar-refractivity contribution in [2.75, 3.05) is 6.61 Å². The molecule has 1 heterocycles. The number of hydrazine groups is 1. The summed E-state index contributed by atoms with van der Waals surface area (Å²) < 4.78 is 11.1. The summed E-state index contributed by atoms with van der Waals surface area (Å²) in [6, 6.07) is 14.4. The zero-order chi connectivity index (χ0) is 18.7. The molecule has 0 fully saturated rings. The highest BCUT2D eigenvalue weighted by atomic mass is 16.6. The van der Waals surface area contributed by atoms with E-state index in [1.165, 1.54) is 0 Å². The van der Waals surface area contributed by atoms with Crippen molar-refractivity contribution >= 4 is 11.8 Å². The van der Waals surface area contributed by atoms with Crippen molar-refractivity contribution in [2.24, 2.45) is 0 Å². The van der Waals surface area contributed by atoms with E-state index in [2.05, 4.69) is 31.6 Å². The molecule has 1 aliphatic heterocycles. The standard InChI is InChI=1S/C20H22N2O4/c1-20(2,3)14-10-8-13(9-11-14)18(23)21-22-19(24)17-12-25-15-6-4-5-7-16(15)26-17/h4-11,17H,12H2,1-3H3,(H,21,23)(H,22,24). The molecule has 2 amide bonds. The molecule has 136 valence electrons. The second kappa shape index (κ2) is 7.07. The molecule has 1 aliphatic rings. The van der Waals surface area contributed by atoms with E-state index in [1.54, 1.807) is 30.3 Å². The van der Waals surface area contributed by atoms with Crippen LogP contribution in [0.15, 0.2) is 48.5 Å². The molecule has 0 aliphatic carbocycles. The van der Waals surface area contributed by atoms with Crippen LogP contribution in [-0.2, 0) is 10.2 Å². The number of nitrogens with one attached hydrogen (secondary N) is 2. The van der Waals surface area contributed by atoms with Crippen molar-refractivity contribution in [3.8, 4) is 11.5 Å². The third-order valence-electron chi connectivity index (χ3n) is 4.11. The van der Waals surface area contributed by atoms with Gasteiger partial charge in [-0.15, -0.1) is 0 Å². The lowest BCUT2D eigenvalue weighted by atomic mass is 9.87. The normalized spacial score (nSPS) is 15.9. The number of carbonyl (C=O) groups excluding carboxylic acids is 2. The van der Waals surface area contributed by atoms with Crippen molar-refractivity contribution < 1.29 is 19.1 Å². The maximum absolute atomic E-state index is 12.2. The van der Waals surface area contributed by atoms with Gasteiger partial charge in [0.2, 0.25) is 6.10 Å². The molecule has 0 saturated carbocycles. The maximum atomic E-state index is 12.2. The molecule has 0 saturated heterocycles. The Hall–Kier alpha value is -3.02. The number of amides is 2. The molecule has 0 radical (unpaired) electrons. The molecule has 0 spiro atoms. The van der Waals surface area contributed by atoms with E-state index in [1.807, 2.05) is 18.2 Å². The highest BCUT2D eigenvalue weighted by Crippen LogP contribution is 2.30. The first kappa shape index (κ1) is 17.8. The van der Waals surface area contributed by atoms with Crippen molar-refractivity contribution in [1.82, 2.24) is 10.9 Å². The lowest BCUT2D eigenvalue weighted by molar-refractivity contribution is -0.131. The van der Waals surface area contributed by atoms with E-state index in [-0.39, 0.29) is 12.0 Å². The Bertz CT molecular complexity index is 809. The highest BCUT2D eigenvalue weighted by molar-refractivity contribution is 5.95. The SMILES string of the molecule is CC(C)(C)c1ccc(C(=O)NNC(=O)C2COc3ccccc3O2)cc1. The molecular weight excluding hydrogens is 332 g/mol. The fourth-order valence-corrected chi connectivity index (χ4v) is 2.54. The molecule has 2 aromatic carbocycles. The molecule has 2 aromatic rings. The van der Waals surface area contributed by atoms with Crippen molar-refractivity contribution in [1.29, 1.82) is 0 Å². The molecule has 3 rings (SSSR count). The number of fused-ring (bicyclic) bond motifs is 1. The maximum Gasteiger partial charge on any atom is 0.283 e. The smallest absolute Gasteiger partial charge is 0.283 e. The topological polar surface area (TPSA) is 76.7 Å². The number of hydrogen-bond donors (Lipinski definition) is 2. The Morgan fingerprint density at radius 2 is 1.62 bits per heavy atom. The van der Waals surface area contributed by atoms with E-state index in [0.717, 1.165) is 5.56 Å². The van der Waals surface area contributed by atoms with Gasteiger partial charge in [0.15, 0.2) is 11.5 Å². The van der Waals surface area contributed by atoms with Crippen LogP contribution in [0.5, 0.6) is 11.5 Å². The zero-order valence-corrected chi connectivity index (χ0v) is 15.0. The third-order valence-corrected chi connectivity index (χ3v) is 4.11. The van der Waals surface area contributed by atoms with E-state index >= 15 is 0 Å². The van der Waals surface area contributed by atoms with Gasteiger partial charge in [0, 0.05) is 5.56 Å². The lowest BCUT2D eigenvalue weighted by Gasteiger charge is -2.25. The first-order valence-electron chi connectivity index (χ1n) is 8.44.